The van der Waals surface area contributed by atoms with Gasteiger partial charge in [0.1, 0.15) is 5.78 Å². The van der Waals surface area contributed by atoms with Crippen molar-refractivity contribution in [3.63, 3.8) is 0 Å². The van der Waals surface area contributed by atoms with Crippen LogP contribution in [-0.4, -0.2) is 10.6 Å². The Labute approximate surface area is 70.3 Å². The van der Waals surface area contributed by atoms with Gasteiger partial charge in [0.15, 0.2) is 0 Å². The van der Waals surface area contributed by atoms with E-state index in [1.54, 1.807) is 0 Å². The molecule has 1 unspecified atom stereocenters. The number of ketones is 1. The molecule has 0 heterocycles. The molecule has 10 heavy (non-hydrogen) atoms. The summed E-state index contributed by atoms with van der Waals surface area (Å²) < 4.78 is 0. The molecule has 0 N–H and O–H groups in total. The zero-order chi connectivity index (χ0) is 7.56. The van der Waals surface area contributed by atoms with Crippen LogP contribution in [0.5, 0.6) is 0 Å². The van der Waals surface area contributed by atoms with Crippen LogP contribution in [0.4, 0.5) is 0 Å². The van der Waals surface area contributed by atoms with E-state index in [9.17, 15) is 4.79 Å². The number of Topliss-reactive ketones (excluding diaryl/α,β-unsaturated/α-hetero) is 1. The molecule has 1 rings (SSSR count). The largest absolute Gasteiger partial charge is 0.298 e. The van der Waals surface area contributed by atoms with Gasteiger partial charge in [-0.2, -0.15) is 0 Å². The summed E-state index contributed by atoms with van der Waals surface area (Å²) in [6, 6.07) is 0. The number of carbonyl (C=O) groups is 1. The monoisotopic (exact) mass is 204 g/mol. The lowest BCUT2D eigenvalue weighted by Gasteiger charge is -2.24. The van der Waals surface area contributed by atoms with Crippen molar-refractivity contribution in [2.45, 2.75) is 37.4 Å². The first-order valence-corrected chi connectivity index (χ1v) is 4.84. The molecule has 1 aliphatic carbocycles. The fraction of sp³-hybridized carbons (Fsp3) is 0.875. The maximum atomic E-state index is 11.1. The Morgan fingerprint density at radius 2 is 2.40 bits per heavy atom. The van der Waals surface area contributed by atoms with Crippen LogP contribution >= 0.6 is 15.9 Å². The van der Waals surface area contributed by atoms with Crippen LogP contribution < -0.4 is 0 Å². The van der Waals surface area contributed by atoms with Gasteiger partial charge >= 0.3 is 0 Å². The Hall–Kier alpha value is 0.150. The Kier molecular flexibility index (Phi) is 2.90. The second-order valence-corrected chi connectivity index (χ2v) is 3.92. The van der Waals surface area contributed by atoms with E-state index < -0.39 is 0 Å². The summed E-state index contributed by atoms with van der Waals surface area (Å²) in [7, 11) is 0. The Bertz CT molecular complexity index is 133. The number of rotatable bonds is 1. The van der Waals surface area contributed by atoms with E-state index >= 15 is 0 Å². The molecule has 1 saturated carbocycles. The third-order valence-corrected chi connectivity index (χ3v) is 3.50. The molecule has 1 fully saturated rings. The molecule has 0 bridgehead atoms. The number of hydrogen-bond acceptors (Lipinski definition) is 1. The van der Waals surface area contributed by atoms with Crippen molar-refractivity contribution >= 4 is 21.7 Å². The Morgan fingerprint density at radius 1 is 1.70 bits per heavy atom. The predicted octanol–water partition coefficient (Wildman–Crippen LogP) is 2.53. The molecule has 0 aromatic rings. The molecular weight excluding hydrogens is 192 g/mol. The third kappa shape index (κ3) is 1.60. The molecule has 1 aliphatic rings. The van der Waals surface area contributed by atoms with E-state index in [0.29, 0.717) is 11.7 Å². The smallest absolute Gasteiger partial charge is 0.146 e. The second-order valence-electron chi connectivity index (χ2n) is 2.93. The van der Waals surface area contributed by atoms with E-state index in [1.807, 2.05) is 0 Å². The quantitative estimate of drug-likeness (QED) is 0.601. The van der Waals surface area contributed by atoms with E-state index in [0.717, 1.165) is 19.3 Å². The first-order valence-electron chi connectivity index (χ1n) is 3.92. The van der Waals surface area contributed by atoms with Crippen LogP contribution in [0.15, 0.2) is 0 Å². The van der Waals surface area contributed by atoms with Gasteiger partial charge < -0.3 is 0 Å². The topological polar surface area (TPSA) is 17.1 Å². The molecular formula is C8H13BrO. The van der Waals surface area contributed by atoms with Gasteiger partial charge in [0.25, 0.3) is 0 Å². The van der Waals surface area contributed by atoms with Gasteiger partial charge in [0.05, 0.1) is 4.83 Å². The highest BCUT2D eigenvalue weighted by molar-refractivity contribution is 9.10. The molecule has 2 atom stereocenters. The van der Waals surface area contributed by atoms with Crippen molar-refractivity contribution in [1.29, 1.82) is 0 Å². The highest BCUT2D eigenvalue weighted by Gasteiger charge is 2.27. The van der Waals surface area contributed by atoms with Crippen LogP contribution in [0.25, 0.3) is 0 Å². The predicted molar refractivity (Wildman–Crippen MR) is 45.4 cm³/mol. The van der Waals surface area contributed by atoms with Crippen molar-refractivity contribution in [3.05, 3.63) is 0 Å². The maximum absolute atomic E-state index is 11.1. The standard InChI is InChI=1S/C8H13BrO/c1-2-6-4-3-5-7(10)8(6)9/h6,8H,2-5H2,1H3/t6-,8?/m1/s1. The van der Waals surface area contributed by atoms with Gasteiger partial charge in [0, 0.05) is 6.42 Å². The summed E-state index contributed by atoms with van der Waals surface area (Å²) in [5, 5.41) is 0. The van der Waals surface area contributed by atoms with Gasteiger partial charge in [-0.05, 0) is 18.8 Å². The lowest BCUT2D eigenvalue weighted by atomic mass is 9.86. The Balaban J connectivity index is 2.51. The van der Waals surface area contributed by atoms with E-state index in [1.165, 1.54) is 6.42 Å². The van der Waals surface area contributed by atoms with Crippen LogP contribution in [0.3, 0.4) is 0 Å². The first-order chi connectivity index (χ1) is 4.75. The molecule has 0 aliphatic heterocycles. The van der Waals surface area contributed by atoms with Crippen LogP contribution in [-0.2, 0) is 4.79 Å². The van der Waals surface area contributed by atoms with E-state index in [-0.39, 0.29) is 4.83 Å². The van der Waals surface area contributed by atoms with E-state index in [4.69, 9.17) is 0 Å². The van der Waals surface area contributed by atoms with Gasteiger partial charge in [-0.1, -0.05) is 29.3 Å². The normalized spacial score (nSPS) is 34.4. The van der Waals surface area contributed by atoms with Gasteiger partial charge in [0.2, 0.25) is 0 Å². The fourth-order valence-electron chi connectivity index (χ4n) is 1.50. The van der Waals surface area contributed by atoms with Crippen molar-refractivity contribution in [1.82, 2.24) is 0 Å². The summed E-state index contributed by atoms with van der Waals surface area (Å²) in [6.45, 7) is 2.15. The molecule has 0 spiro atoms. The lowest BCUT2D eigenvalue weighted by Crippen LogP contribution is -2.27. The first kappa shape index (κ1) is 8.25. The van der Waals surface area contributed by atoms with Crippen molar-refractivity contribution < 1.29 is 4.79 Å². The van der Waals surface area contributed by atoms with Crippen molar-refractivity contribution in [3.8, 4) is 0 Å². The average Bonchev–Trinajstić information content (AvgIpc) is 1.95. The molecule has 0 radical (unpaired) electrons. The van der Waals surface area contributed by atoms with Crippen LogP contribution in [0.2, 0.25) is 0 Å². The third-order valence-electron chi connectivity index (χ3n) is 2.24. The summed E-state index contributed by atoms with van der Waals surface area (Å²) in [5.74, 6) is 0.999. The minimum Gasteiger partial charge on any atom is -0.298 e. The molecule has 0 saturated heterocycles. The zero-order valence-corrected chi connectivity index (χ0v) is 7.86. The summed E-state index contributed by atoms with van der Waals surface area (Å²) in [4.78, 5) is 11.3. The summed E-state index contributed by atoms with van der Waals surface area (Å²) >= 11 is 3.43. The molecule has 0 aromatic heterocycles. The number of carbonyl (C=O) groups excluding carboxylic acids is 1. The van der Waals surface area contributed by atoms with Gasteiger partial charge in [-0.15, -0.1) is 0 Å². The molecule has 2 heteroatoms. The molecule has 0 aromatic carbocycles. The van der Waals surface area contributed by atoms with Gasteiger partial charge in [-0.25, -0.2) is 0 Å². The van der Waals surface area contributed by atoms with Crippen molar-refractivity contribution in [2.24, 2.45) is 5.92 Å². The fourth-order valence-corrected chi connectivity index (χ4v) is 2.36. The van der Waals surface area contributed by atoms with Gasteiger partial charge in [-0.3, -0.25) is 4.79 Å². The minimum absolute atomic E-state index is 0.159. The minimum atomic E-state index is 0.159. The molecule has 58 valence electrons. The Morgan fingerprint density at radius 3 is 2.90 bits per heavy atom. The molecule has 0 amide bonds. The van der Waals surface area contributed by atoms with Crippen LogP contribution in [0, 0.1) is 5.92 Å². The summed E-state index contributed by atoms with van der Waals surface area (Å²) in [5.41, 5.74) is 0. The summed E-state index contributed by atoms with van der Waals surface area (Å²) in [6.07, 6.45) is 4.23. The average molecular weight is 205 g/mol. The van der Waals surface area contributed by atoms with E-state index in [2.05, 4.69) is 22.9 Å². The highest BCUT2D eigenvalue weighted by Crippen LogP contribution is 2.29. The molecule has 1 nitrogen and oxygen atoms in total. The van der Waals surface area contributed by atoms with Crippen molar-refractivity contribution in [2.75, 3.05) is 0 Å². The SMILES string of the molecule is CC[C@@H]1CCCC(=O)C1Br. The lowest BCUT2D eigenvalue weighted by molar-refractivity contribution is -0.120. The highest BCUT2D eigenvalue weighted by atomic mass is 79.9. The van der Waals surface area contributed by atoms with Crippen LogP contribution in [0.1, 0.15) is 32.6 Å². The number of hydrogen-bond donors (Lipinski definition) is 0. The number of alkyl halides is 1. The maximum Gasteiger partial charge on any atom is 0.146 e. The second kappa shape index (κ2) is 3.51. The zero-order valence-electron chi connectivity index (χ0n) is 6.27. The number of halogens is 1.